The maximum absolute atomic E-state index is 10.4. The number of aliphatic hydroxyl groups excluding tert-OH is 1. The van der Waals surface area contributed by atoms with Crippen LogP contribution < -0.4 is 0 Å². The number of halogens is 1. The molecule has 2 aromatic carbocycles. The number of benzene rings is 2. The van der Waals surface area contributed by atoms with E-state index in [2.05, 4.69) is 32.0 Å². The summed E-state index contributed by atoms with van der Waals surface area (Å²) in [5, 5.41) is 12.0. The number of fused-ring (bicyclic) bond motifs is 1. The van der Waals surface area contributed by atoms with Gasteiger partial charge in [0.15, 0.2) is 0 Å². The van der Waals surface area contributed by atoms with Gasteiger partial charge in [-0.3, -0.25) is 0 Å². The molecule has 3 rings (SSSR count). The highest BCUT2D eigenvalue weighted by Gasteiger charge is 2.14. The Bertz CT molecular complexity index is 769. The fourth-order valence-electron chi connectivity index (χ4n) is 2.71. The van der Waals surface area contributed by atoms with Gasteiger partial charge in [0.1, 0.15) is 17.4 Å². The van der Waals surface area contributed by atoms with Crippen molar-refractivity contribution in [2.45, 2.75) is 26.4 Å². The summed E-state index contributed by atoms with van der Waals surface area (Å²) < 4.78 is 5.71. The van der Waals surface area contributed by atoms with Gasteiger partial charge in [-0.05, 0) is 43.7 Å². The van der Waals surface area contributed by atoms with Gasteiger partial charge in [0.2, 0.25) is 0 Å². The number of furan rings is 1. The van der Waals surface area contributed by atoms with Crippen molar-refractivity contribution in [3.8, 4) is 0 Å². The number of hydrogen-bond donors (Lipinski definition) is 1. The lowest BCUT2D eigenvalue weighted by molar-refractivity contribution is 0.152. The van der Waals surface area contributed by atoms with Crippen LogP contribution in [0.4, 0.5) is 0 Å². The van der Waals surface area contributed by atoms with Gasteiger partial charge in [-0.1, -0.05) is 40.9 Å². The first-order chi connectivity index (χ1) is 10.0. The maximum Gasteiger partial charge on any atom is 0.134 e. The van der Waals surface area contributed by atoms with E-state index in [0.29, 0.717) is 17.2 Å². The summed E-state index contributed by atoms with van der Waals surface area (Å²) in [4.78, 5) is 0. The Kier molecular flexibility index (Phi) is 3.75. The normalized spacial score (nSPS) is 12.8. The van der Waals surface area contributed by atoms with E-state index in [0.717, 1.165) is 16.5 Å². The smallest absolute Gasteiger partial charge is 0.134 e. The predicted octanol–water partition coefficient (Wildman–Crippen LogP) is 4.98. The summed E-state index contributed by atoms with van der Waals surface area (Å²) in [5.41, 5.74) is 4.26. The van der Waals surface area contributed by atoms with Crippen LogP contribution in [0.15, 0.2) is 46.9 Å². The zero-order chi connectivity index (χ0) is 15.0. The van der Waals surface area contributed by atoms with Gasteiger partial charge in [0, 0.05) is 16.8 Å². The van der Waals surface area contributed by atoms with Gasteiger partial charge in [0.05, 0.1) is 0 Å². The first kappa shape index (κ1) is 14.2. The average Bonchev–Trinajstić information content (AvgIpc) is 2.80. The molecule has 0 saturated carbocycles. The first-order valence-electron chi connectivity index (χ1n) is 6.95. The Morgan fingerprint density at radius 2 is 1.76 bits per heavy atom. The van der Waals surface area contributed by atoms with Gasteiger partial charge in [-0.2, -0.15) is 0 Å². The summed E-state index contributed by atoms with van der Waals surface area (Å²) in [7, 11) is 0. The summed E-state index contributed by atoms with van der Waals surface area (Å²) in [6, 6.07) is 13.6. The maximum atomic E-state index is 10.4. The van der Waals surface area contributed by atoms with E-state index >= 15 is 0 Å². The Morgan fingerprint density at radius 1 is 1.05 bits per heavy atom. The minimum atomic E-state index is -0.655. The molecule has 3 aromatic rings. The SMILES string of the molecule is Cc1cc(C)cc(CC(O)c2cc3cc(Cl)ccc3o2)c1. The zero-order valence-electron chi connectivity index (χ0n) is 12.1. The van der Waals surface area contributed by atoms with Crippen molar-refractivity contribution in [1.82, 2.24) is 0 Å². The van der Waals surface area contributed by atoms with Crippen molar-refractivity contribution in [1.29, 1.82) is 0 Å². The molecular weight excluding hydrogens is 284 g/mol. The quantitative estimate of drug-likeness (QED) is 0.740. The molecule has 0 radical (unpaired) electrons. The monoisotopic (exact) mass is 300 g/mol. The van der Waals surface area contributed by atoms with E-state index in [1.165, 1.54) is 11.1 Å². The van der Waals surface area contributed by atoms with Crippen LogP contribution in [0.5, 0.6) is 0 Å². The van der Waals surface area contributed by atoms with Gasteiger partial charge in [-0.15, -0.1) is 0 Å². The van der Waals surface area contributed by atoms with Gasteiger partial charge in [-0.25, -0.2) is 0 Å². The second-order valence-electron chi connectivity index (χ2n) is 5.55. The van der Waals surface area contributed by atoms with Crippen molar-refractivity contribution >= 4 is 22.6 Å². The minimum Gasteiger partial charge on any atom is -0.458 e. The first-order valence-corrected chi connectivity index (χ1v) is 7.33. The van der Waals surface area contributed by atoms with Crippen LogP contribution >= 0.6 is 11.6 Å². The van der Waals surface area contributed by atoms with Crippen molar-refractivity contribution in [2.24, 2.45) is 0 Å². The summed E-state index contributed by atoms with van der Waals surface area (Å²) in [6.45, 7) is 4.12. The van der Waals surface area contributed by atoms with Crippen molar-refractivity contribution < 1.29 is 9.52 Å². The summed E-state index contributed by atoms with van der Waals surface area (Å²) in [5.74, 6) is 0.575. The second kappa shape index (κ2) is 5.55. The second-order valence-corrected chi connectivity index (χ2v) is 5.98. The Hall–Kier alpha value is -1.77. The van der Waals surface area contributed by atoms with Crippen LogP contribution in [0, 0.1) is 13.8 Å². The molecule has 0 fully saturated rings. The fraction of sp³-hybridized carbons (Fsp3) is 0.222. The topological polar surface area (TPSA) is 33.4 Å². The third kappa shape index (κ3) is 3.12. The van der Waals surface area contributed by atoms with Gasteiger partial charge in [0.25, 0.3) is 0 Å². The van der Waals surface area contributed by atoms with Crippen LogP contribution in [-0.2, 0) is 6.42 Å². The number of hydrogen-bond acceptors (Lipinski definition) is 2. The molecule has 2 nitrogen and oxygen atoms in total. The average molecular weight is 301 g/mol. The molecule has 1 N–H and O–H groups in total. The molecule has 21 heavy (non-hydrogen) atoms. The molecule has 108 valence electrons. The van der Waals surface area contributed by atoms with Crippen molar-refractivity contribution in [2.75, 3.05) is 0 Å². The molecule has 1 heterocycles. The highest BCUT2D eigenvalue weighted by molar-refractivity contribution is 6.31. The molecular formula is C18H17ClO2. The molecule has 0 aliphatic rings. The fourth-order valence-corrected chi connectivity index (χ4v) is 2.89. The zero-order valence-corrected chi connectivity index (χ0v) is 12.8. The van der Waals surface area contributed by atoms with Crippen molar-refractivity contribution in [3.63, 3.8) is 0 Å². The lowest BCUT2D eigenvalue weighted by Crippen LogP contribution is -2.01. The van der Waals surface area contributed by atoms with E-state index in [9.17, 15) is 5.11 Å². The molecule has 1 unspecified atom stereocenters. The number of aliphatic hydroxyl groups is 1. The lowest BCUT2D eigenvalue weighted by atomic mass is 10.0. The van der Waals surface area contributed by atoms with E-state index in [-0.39, 0.29) is 0 Å². The third-order valence-electron chi connectivity index (χ3n) is 3.54. The van der Waals surface area contributed by atoms with Crippen molar-refractivity contribution in [3.05, 3.63) is 69.9 Å². The summed E-state index contributed by atoms with van der Waals surface area (Å²) >= 11 is 5.97. The van der Waals surface area contributed by atoms with Crippen LogP contribution in [-0.4, -0.2) is 5.11 Å². The van der Waals surface area contributed by atoms with E-state index < -0.39 is 6.10 Å². The molecule has 1 aromatic heterocycles. The number of rotatable bonds is 3. The van der Waals surface area contributed by atoms with Gasteiger partial charge < -0.3 is 9.52 Å². The van der Waals surface area contributed by atoms with E-state index in [1.807, 2.05) is 18.2 Å². The molecule has 0 aliphatic heterocycles. The molecule has 0 spiro atoms. The highest BCUT2D eigenvalue weighted by Crippen LogP contribution is 2.28. The molecule has 0 amide bonds. The molecule has 0 saturated heterocycles. The van der Waals surface area contributed by atoms with Gasteiger partial charge >= 0.3 is 0 Å². The summed E-state index contributed by atoms with van der Waals surface area (Å²) in [6.07, 6.45) is -0.117. The van der Waals surface area contributed by atoms with Crippen LogP contribution in [0.3, 0.4) is 0 Å². The number of aryl methyl sites for hydroxylation is 2. The van der Waals surface area contributed by atoms with Crippen LogP contribution in [0.2, 0.25) is 5.02 Å². The minimum absolute atomic E-state index is 0.538. The predicted molar refractivity (Wildman–Crippen MR) is 85.8 cm³/mol. The standard InChI is InChI=1S/C18H17ClO2/c1-11-5-12(2)7-13(6-11)8-16(20)18-10-14-9-15(19)3-4-17(14)21-18/h3-7,9-10,16,20H,8H2,1-2H3. The Balaban J connectivity index is 1.87. The van der Waals surface area contributed by atoms with Crippen LogP contribution in [0.25, 0.3) is 11.0 Å². The molecule has 0 aliphatic carbocycles. The van der Waals surface area contributed by atoms with E-state index in [4.69, 9.17) is 16.0 Å². The highest BCUT2D eigenvalue weighted by atomic mass is 35.5. The van der Waals surface area contributed by atoms with Crippen LogP contribution in [0.1, 0.15) is 28.6 Å². The molecule has 1 atom stereocenters. The molecule has 0 bridgehead atoms. The third-order valence-corrected chi connectivity index (χ3v) is 3.77. The molecule has 3 heteroatoms. The Labute approximate surface area is 129 Å². The van der Waals surface area contributed by atoms with E-state index in [1.54, 1.807) is 6.07 Å². The largest absolute Gasteiger partial charge is 0.458 e. The Morgan fingerprint density at radius 3 is 2.48 bits per heavy atom. The lowest BCUT2D eigenvalue weighted by Gasteiger charge is -2.09.